The van der Waals surface area contributed by atoms with Gasteiger partial charge in [0.25, 0.3) is 0 Å². The first-order chi connectivity index (χ1) is 8.97. The lowest BCUT2D eigenvalue weighted by Gasteiger charge is -2.28. The maximum Gasteiger partial charge on any atom is 0.162 e. The average molecular weight is 269 g/mol. The zero-order valence-corrected chi connectivity index (χ0v) is 12.0. The molecule has 0 bridgehead atoms. The Morgan fingerprint density at radius 3 is 1.95 bits per heavy atom. The molecule has 1 aromatic carbocycles. The summed E-state index contributed by atoms with van der Waals surface area (Å²) in [6.07, 6.45) is -0.960. The Morgan fingerprint density at radius 1 is 1.00 bits per heavy atom. The minimum absolute atomic E-state index is 0.445. The van der Waals surface area contributed by atoms with Gasteiger partial charge in [-0.15, -0.1) is 0 Å². The van der Waals surface area contributed by atoms with Gasteiger partial charge in [-0.05, 0) is 26.0 Å². The van der Waals surface area contributed by atoms with E-state index in [1.807, 2.05) is 23.1 Å². The van der Waals surface area contributed by atoms with E-state index in [1.165, 1.54) is 0 Å². The van der Waals surface area contributed by atoms with Crippen LogP contribution in [-0.4, -0.2) is 49.7 Å². The first kappa shape index (κ1) is 15.6. The lowest BCUT2D eigenvalue weighted by atomic mass is 10.2. The fraction of sp³-hybridized carbons (Fsp3) is 0.571. The zero-order valence-electron chi connectivity index (χ0n) is 12.0. The molecule has 2 N–H and O–H groups in total. The molecule has 0 aliphatic heterocycles. The van der Waals surface area contributed by atoms with Gasteiger partial charge in [-0.2, -0.15) is 0 Å². The van der Waals surface area contributed by atoms with Crippen molar-refractivity contribution < 1.29 is 19.7 Å². The fourth-order valence-corrected chi connectivity index (χ4v) is 1.94. The van der Waals surface area contributed by atoms with Gasteiger partial charge in [0.05, 0.1) is 26.4 Å². The molecule has 2 atom stereocenters. The molecule has 0 spiro atoms. The molecule has 0 amide bonds. The van der Waals surface area contributed by atoms with Crippen molar-refractivity contribution in [3.05, 3.63) is 18.2 Å². The molecule has 5 nitrogen and oxygen atoms in total. The summed E-state index contributed by atoms with van der Waals surface area (Å²) >= 11 is 0. The second kappa shape index (κ2) is 7.21. The van der Waals surface area contributed by atoms with Gasteiger partial charge >= 0.3 is 0 Å². The number of aliphatic hydroxyl groups is 2. The van der Waals surface area contributed by atoms with Gasteiger partial charge < -0.3 is 24.6 Å². The van der Waals surface area contributed by atoms with E-state index in [0.717, 1.165) is 5.69 Å². The van der Waals surface area contributed by atoms with Crippen LogP contribution in [0.1, 0.15) is 13.8 Å². The molecular weight excluding hydrogens is 246 g/mol. The number of methoxy groups -OCH3 is 2. The largest absolute Gasteiger partial charge is 0.493 e. The van der Waals surface area contributed by atoms with Gasteiger partial charge in [0.1, 0.15) is 0 Å². The van der Waals surface area contributed by atoms with E-state index in [0.29, 0.717) is 24.6 Å². The molecule has 0 unspecified atom stereocenters. The van der Waals surface area contributed by atoms with Crippen molar-refractivity contribution >= 4 is 5.69 Å². The van der Waals surface area contributed by atoms with Crippen LogP contribution in [0, 0.1) is 0 Å². The number of anilines is 1. The molecule has 5 heteroatoms. The average Bonchev–Trinajstić information content (AvgIpc) is 2.36. The number of rotatable bonds is 7. The van der Waals surface area contributed by atoms with Crippen molar-refractivity contribution in [3.8, 4) is 11.5 Å². The Balaban J connectivity index is 3.00. The van der Waals surface area contributed by atoms with Crippen molar-refractivity contribution in [1.29, 1.82) is 0 Å². The van der Waals surface area contributed by atoms with Crippen LogP contribution in [0.5, 0.6) is 11.5 Å². The predicted molar refractivity (Wildman–Crippen MR) is 75.1 cm³/mol. The monoisotopic (exact) mass is 269 g/mol. The number of aliphatic hydroxyl groups excluding tert-OH is 2. The number of nitrogens with zero attached hydrogens (tertiary/aromatic N) is 1. The summed E-state index contributed by atoms with van der Waals surface area (Å²) < 4.78 is 10.5. The Hall–Kier alpha value is -1.46. The number of hydrogen-bond donors (Lipinski definition) is 2. The Labute approximate surface area is 114 Å². The van der Waals surface area contributed by atoms with Gasteiger partial charge in [-0.3, -0.25) is 0 Å². The lowest BCUT2D eigenvalue weighted by Crippen LogP contribution is -2.36. The van der Waals surface area contributed by atoms with Gasteiger partial charge in [0.2, 0.25) is 0 Å². The second-order valence-corrected chi connectivity index (χ2v) is 4.64. The van der Waals surface area contributed by atoms with Crippen molar-refractivity contribution in [2.45, 2.75) is 26.1 Å². The maximum atomic E-state index is 9.55. The Bertz CT molecular complexity index is 383. The van der Waals surface area contributed by atoms with Crippen LogP contribution in [0.3, 0.4) is 0 Å². The smallest absolute Gasteiger partial charge is 0.162 e. The van der Waals surface area contributed by atoms with Crippen LogP contribution in [0.25, 0.3) is 0 Å². The number of benzene rings is 1. The van der Waals surface area contributed by atoms with Crippen LogP contribution in [0.15, 0.2) is 18.2 Å². The van der Waals surface area contributed by atoms with E-state index >= 15 is 0 Å². The summed E-state index contributed by atoms with van der Waals surface area (Å²) in [6.45, 7) is 4.33. The van der Waals surface area contributed by atoms with Crippen molar-refractivity contribution in [2.24, 2.45) is 0 Å². The zero-order chi connectivity index (χ0) is 14.4. The quantitative estimate of drug-likeness (QED) is 0.780. The van der Waals surface area contributed by atoms with Crippen LogP contribution in [0.4, 0.5) is 5.69 Å². The minimum Gasteiger partial charge on any atom is -0.493 e. The van der Waals surface area contributed by atoms with Crippen LogP contribution in [-0.2, 0) is 0 Å². The van der Waals surface area contributed by atoms with E-state index in [1.54, 1.807) is 28.1 Å². The molecular formula is C14H23NO4. The highest BCUT2D eigenvalue weighted by molar-refractivity contribution is 5.56. The highest BCUT2D eigenvalue weighted by Gasteiger charge is 2.14. The molecule has 0 saturated carbocycles. The molecule has 0 radical (unpaired) electrons. The lowest BCUT2D eigenvalue weighted by molar-refractivity contribution is 0.178. The maximum absolute atomic E-state index is 9.55. The summed E-state index contributed by atoms with van der Waals surface area (Å²) in [6, 6.07) is 5.53. The van der Waals surface area contributed by atoms with Gasteiger partial charge in [0, 0.05) is 24.8 Å². The number of ether oxygens (including phenoxy) is 2. The molecule has 0 aliphatic carbocycles. The highest BCUT2D eigenvalue weighted by Crippen LogP contribution is 2.31. The second-order valence-electron chi connectivity index (χ2n) is 4.64. The molecule has 0 aliphatic rings. The van der Waals surface area contributed by atoms with Gasteiger partial charge in [-0.1, -0.05) is 0 Å². The topological polar surface area (TPSA) is 62.2 Å². The van der Waals surface area contributed by atoms with Crippen molar-refractivity contribution in [1.82, 2.24) is 0 Å². The first-order valence-corrected chi connectivity index (χ1v) is 6.31. The molecule has 0 aromatic heterocycles. The molecule has 1 aromatic rings. The van der Waals surface area contributed by atoms with Crippen molar-refractivity contribution in [3.63, 3.8) is 0 Å². The van der Waals surface area contributed by atoms with E-state index in [4.69, 9.17) is 9.47 Å². The van der Waals surface area contributed by atoms with Gasteiger partial charge in [-0.25, -0.2) is 0 Å². The summed E-state index contributed by atoms with van der Waals surface area (Å²) in [5.74, 6) is 1.28. The van der Waals surface area contributed by atoms with E-state index in [2.05, 4.69) is 0 Å². The first-order valence-electron chi connectivity index (χ1n) is 6.31. The van der Waals surface area contributed by atoms with E-state index in [9.17, 15) is 10.2 Å². The molecule has 108 valence electrons. The fourth-order valence-electron chi connectivity index (χ4n) is 1.94. The standard InChI is InChI=1S/C14H23NO4/c1-10(16)8-15(9-11(2)17)12-5-6-13(18-3)14(7-12)19-4/h5-7,10-11,16-17H,8-9H2,1-4H3/t10-,11-/m0/s1. The van der Waals surface area contributed by atoms with E-state index in [-0.39, 0.29) is 0 Å². The summed E-state index contributed by atoms with van der Waals surface area (Å²) in [4.78, 5) is 1.91. The Morgan fingerprint density at radius 2 is 1.53 bits per heavy atom. The van der Waals surface area contributed by atoms with Crippen LogP contribution >= 0.6 is 0 Å². The predicted octanol–water partition coefficient (Wildman–Crippen LogP) is 1.27. The Kier molecular flexibility index (Phi) is 5.92. The highest BCUT2D eigenvalue weighted by atomic mass is 16.5. The summed E-state index contributed by atoms with van der Waals surface area (Å²) in [5.41, 5.74) is 0.874. The molecule has 19 heavy (non-hydrogen) atoms. The third kappa shape index (κ3) is 4.61. The SMILES string of the molecule is COc1ccc(N(C[C@H](C)O)C[C@H](C)O)cc1OC. The molecule has 1 rings (SSSR count). The summed E-state index contributed by atoms with van der Waals surface area (Å²) in [5, 5.41) is 19.1. The summed E-state index contributed by atoms with van der Waals surface area (Å²) in [7, 11) is 3.16. The van der Waals surface area contributed by atoms with Gasteiger partial charge in [0.15, 0.2) is 11.5 Å². The minimum atomic E-state index is -0.480. The molecule has 0 heterocycles. The van der Waals surface area contributed by atoms with E-state index < -0.39 is 12.2 Å². The number of hydrogen-bond acceptors (Lipinski definition) is 5. The normalized spacial score (nSPS) is 13.8. The third-order valence-corrected chi connectivity index (χ3v) is 2.70. The molecule has 0 saturated heterocycles. The van der Waals surface area contributed by atoms with Crippen LogP contribution in [0.2, 0.25) is 0 Å². The third-order valence-electron chi connectivity index (χ3n) is 2.70. The van der Waals surface area contributed by atoms with Crippen LogP contribution < -0.4 is 14.4 Å². The molecule has 0 fully saturated rings. The van der Waals surface area contributed by atoms with Crippen molar-refractivity contribution in [2.75, 3.05) is 32.2 Å².